The molecule has 2 aromatic carbocycles. The number of rotatable bonds is 1. The van der Waals surface area contributed by atoms with Crippen molar-refractivity contribution in [1.82, 2.24) is 0 Å². The lowest BCUT2D eigenvalue weighted by molar-refractivity contribution is 0.285. The van der Waals surface area contributed by atoms with Crippen LogP contribution in [-0.2, 0) is 19.4 Å². The minimum Gasteiger partial charge on any atom is -0.472 e. The first-order chi connectivity index (χ1) is 13.1. The van der Waals surface area contributed by atoms with E-state index in [0.29, 0.717) is 17.8 Å². The standard InChI is InChI=1S/C22H20FNO3/c1-13-20-14(11-24(12-26-20)19-9-5-4-8-18(19)23)10-17-15-6-2-3-7-16(15)22(25)27-21(13)17/h4-5,8-10H,2-3,6-7,11-12H2,1H3. The highest BCUT2D eigenvalue weighted by Crippen LogP contribution is 2.38. The minimum absolute atomic E-state index is 0.218. The summed E-state index contributed by atoms with van der Waals surface area (Å²) in [4.78, 5) is 14.3. The van der Waals surface area contributed by atoms with Crippen molar-refractivity contribution >= 4 is 16.7 Å². The van der Waals surface area contributed by atoms with Gasteiger partial charge in [0.2, 0.25) is 0 Å². The van der Waals surface area contributed by atoms with Gasteiger partial charge in [0, 0.05) is 28.6 Å². The van der Waals surface area contributed by atoms with E-state index in [-0.39, 0.29) is 18.2 Å². The second kappa shape index (κ2) is 6.12. The number of nitrogens with zero attached hydrogens (tertiary/aromatic N) is 1. The zero-order valence-corrected chi connectivity index (χ0v) is 15.2. The van der Waals surface area contributed by atoms with Gasteiger partial charge in [-0.25, -0.2) is 9.18 Å². The predicted octanol–water partition coefficient (Wildman–Crippen LogP) is 4.48. The number of ether oxygens (including phenoxy) is 1. The maximum atomic E-state index is 14.2. The van der Waals surface area contributed by atoms with Crippen molar-refractivity contribution in [2.45, 2.75) is 39.2 Å². The van der Waals surface area contributed by atoms with Gasteiger partial charge < -0.3 is 14.1 Å². The van der Waals surface area contributed by atoms with Crippen LogP contribution in [0.4, 0.5) is 10.1 Å². The Balaban J connectivity index is 1.67. The van der Waals surface area contributed by atoms with E-state index in [4.69, 9.17) is 9.15 Å². The Kier molecular flexibility index (Phi) is 3.71. The summed E-state index contributed by atoms with van der Waals surface area (Å²) in [6.07, 6.45) is 3.78. The molecule has 5 heteroatoms. The average Bonchev–Trinajstić information content (AvgIpc) is 2.69. The van der Waals surface area contributed by atoms with E-state index >= 15 is 0 Å². The molecule has 138 valence electrons. The van der Waals surface area contributed by atoms with E-state index in [2.05, 4.69) is 6.07 Å². The lowest BCUT2D eigenvalue weighted by Crippen LogP contribution is -2.33. The fraction of sp³-hybridized carbons (Fsp3) is 0.318. The number of anilines is 1. The molecule has 0 saturated heterocycles. The van der Waals surface area contributed by atoms with E-state index in [1.54, 1.807) is 12.1 Å². The Bertz CT molecular complexity index is 1120. The lowest BCUT2D eigenvalue weighted by atomic mass is 9.89. The highest BCUT2D eigenvalue weighted by molar-refractivity contribution is 5.87. The SMILES string of the molecule is Cc1c2c(cc3c4c(c(=O)oc13)CCCC4)CN(c1ccccc1F)CO2. The summed E-state index contributed by atoms with van der Waals surface area (Å²) in [5.74, 6) is 0.486. The van der Waals surface area contributed by atoms with Crippen molar-refractivity contribution < 1.29 is 13.5 Å². The van der Waals surface area contributed by atoms with Crippen LogP contribution in [0.2, 0.25) is 0 Å². The molecule has 2 heterocycles. The summed E-state index contributed by atoms with van der Waals surface area (Å²) in [5, 5.41) is 1.000. The molecule has 1 aliphatic heterocycles. The van der Waals surface area contributed by atoms with Crippen LogP contribution in [-0.4, -0.2) is 6.73 Å². The Morgan fingerprint density at radius 1 is 1.11 bits per heavy atom. The van der Waals surface area contributed by atoms with E-state index in [0.717, 1.165) is 59.1 Å². The number of halogens is 1. The van der Waals surface area contributed by atoms with Gasteiger partial charge in [-0.15, -0.1) is 0 Å². The van der Waals surface area contributed by atoms with Gasteiger partial charge in [-0.1, -0.05) is 12.1 Å². The Hall–Kier alpha value is -2.82. The first-order valence-corrected chi connectivity index (χ1v) is 9.37. The first kappa shape index (κ1) is 16.4. The van der Waals surface area contributed by atoms with Crippen LogP contribution < -0.4 is 15.3 Å². The Morgan fingerprint density at radius 2 is 1.89 bits per heavy atom. The number of fused-ring (bicyclic) bond motifs is 4. The molecule has 0 atom stereocenters. The normalized spacial score (nSPS) is 16.0. The minimum atomic E-state index is -0.259. The quantitative estimate of drug-likeness (QED) is 0.597. The second-order valence-corrected chi connectivity index (χ2v) is 7.34. The predicted molar refractivity (Wildman–Crippen MR) is 102 cm³/mol. The molecule has 0 spiro atoms. The summed E-state index contributed by atoms with van der Waals surface area (Å²) < 4.78 is 25.8. The van der Waals surface area contributed by atoms with Crippen molar-refractivity contribution in [3.8, 4) is 5.75 Å². The molecular formula is C22H20FNO3. The maximum absolute atomic E-state index is 14.2. The third kappa shape index (κ3) is 2.52. The zero-order valence-electron chi connectivity index (χ0n) is 15.2. The van der Waals surface area contributed by atoms with Crippen LogP contribution in [0.5, 0.6) is 5.75 Å². The fourth-order valence-electron chi connectivity index (χ4n) is 4.36. The van der Waals surface area contributed by atoms with Crippen LogP contribution >= 0.6 is 0 Å². The molecule has 2 aliphatic rings. The van der Waals surface area contributed by atoms with Crippen molar-refractivity contribution in [2.75, 3.05) is 11.6 Å². The van der Waals surface area contributed by atoms with E-state index < -0.39 is 0 Å². The smallest absolute Gasteiger partial charge is 0.339 e. The van der Waals surface area contributed by atoms with Gasteiger partial charge in [0.05, 0.1) is 5.69 Å². The molecule has 0 unspecified atom stereocenters. The summed E-state index contributed by atoms with van der Waals surface area (Å²) >= 11 is 0. The van der Waals surface area contributed by atoms with Gasteiger partial charge in [0.25, 0.3) is 0 Å². The van der Waals surface area contributed by atoms with Crippen molar-refractivity contribution in [3.05, 3.63) is 68.8 Å². The van der Waals surface area contributed by atoms with Crippen LogP contribution in [0.3, 0.4) is 0 Å². The summed E-state index contributed by atoms with van der Waals surface area (Å²) in [5.41, 5.74) is 4.71. The van der Waals surface area contributed by atoms with Gasteiger partial charge in [-0.2, -0.15) is 0 Å². The molecular weight excluding hydrogens is 345 g/mol. The van der Waals surface area contributed by atoms with E-state index in [9.17, 15) is 9.18 Å². The van der Waals surface area contributed by atoms with Crippen LogP contribution in [0, 0.1) is 12.7 Å². The molecule has 27 heavy (non-hydrogen) atoms. The van der Waals surface area contributed by atoms with Gasteiger partial charge >= 0.3 is 5.63 Å². The highest BCUT2D eigenvalue weighted by Gasteiger charge is 2.26. The Morgan fingerprint density at radius 3 is 2.70 bits per heavy atom. The number of aryl methyl sites for hydroxylation is 2. The molecule has 0 N–H and O–H groups in total. The largest absolute Gasteiger partial charge is 0.472 e. The average molecular weight is 365 g/mol. The van der Waals surface area contributed by atoms with Crippen molar-refractivity contribution in [1.29, 1.82) is 0 Å². The summed E-state index contributed by atoms with van der Waals surface area (Å²) in [6.45, 7) is 2.74. The molecule has 0 amide bonds. The topological polar surface area (TPSA) is 42.7 Å². The monoisotopic (exact) mass is 365 g/mol. The first-order valence-electron chi connectivity index (χ1n) is 9.37. The number of hydrogen-bond acceptors (Lipinski definition) is 4. The number of benzene rings is 2. The molecule has 0 fully saturated rings. The Labute approximate surface area is 156 Å². The summed E-state index contributed by atoms with van der Waals surface area (Å²) in [7, 11) is 0. The van der Waals surface area contributed by atoms with Gasteiger partial charge in [-0.05, 0) is 56.4 Å². The second-order valence-electron chi connectivity index (χ2n) is 7.34. The molecule has 1 aromatic heterocycles. The molecule has 1 aliphatic carbocycles. The van der Waals surface area contributed by atoms with E-state index in [1.807, 2.05) is 17.9 Å². The van der Waals surface area contributed by atoms with Crippen molar-refractivity contribution in [3.63, 3.8) is 0 Å². The molecule has 0 radical (unpaired) electrons. The van der Waals surface area contributed by atoms with Gasteiger partial charge in [0.1, 0.15) is 17.1 Å². The fourth-order valence-corrected chi connectivity index (χ4v) is 4.36. The number of para-hydroxylation sites is 1. The molecule has 5 rings (SSSR count). The molecule has 3 aromatic rings. The molecule has 4 nitrogen and oxygen atoms in total. The van der Waals surface area contributed by atoms with Crippen LogP contribution in [0.25, 0.3) is 11.0 Å². The maximum Gasteiger partial charge on any atom is 0.339 e. The van der Waals surface area contributed by atoms with Gasteiger partial charge in [-0.3, -0.25) is 0 Å². The van der Waals surface area contributed by atoms with Crippen LogP contribution in [0.15, 0.2) is 39.5 Å². The molecule has 0 saturated carbocycles. The van der Waals surface area contributed by atoms with E-state index in [1.165, 1.54) is 6.07 Å². The lowest BCUT2D eigenvalue weighted by Gasteiger charge is -2.32. The van der Waals surface area contributed by atoms with Crippen molar-refractivity contribution in [2.24, 2.45) is 0 Å². The van der Waals surface area contributed by atoms with Gasteiger partial charge in [0.15, 0.2) is 6.73 Å². The third-order valence-electron chi connectivity index (χ3n) is 5.69. The molecule has 0 bridgehead atoms. The number of hydrogen-bond donors (Lipinski definition) is 0. The van der Waals surface area contributed by atoms with Crippen LogP contribution in [0.1, 0.15) is 35.1 Å². The zero-order chi connectivity index (χ0) is 18.5. The summed E-state index contributed by atoms with van der Waals surface area (Å²) in [6, 6.07) is 8.80. The highest BCUT2D eigenvalue weighted by atomic mass is 19.1. The third-order valence-corrected chi connectivity index (χ3v) is 5.69.